The monoisotopic (exact) mass is 255 g/mol. The fourth-order valence-corrected chi connectivity index (χ4v) is 2.92. The Morgan fingerprint density at radius 3 is 2.65 bits per heavy atom. The Morgan fingerprint density at radius 2 is 2.06 bits per heavy atom. The lowest BCUT2D eigenvalue weighted by Crippen LogP contribution is -2.27. The number of hydrogen-bond donors (Lipinski definition) is 2. The summed E-state index contributed by atoms with van der Waals surface area (Å²) in [6.45, 7) is 4.03. The molecule has 1 aromatic carbocycles. The zero-order valence-corrected chi connectivity index (χ0v) is 11.0. The van der Waals surface area contributed by atoms with Gasteiger partial charge in [-0.3, -0.25) is 0 Å². The molecule has 0 unspecified atom stereocenters. The quantitative estimate of drug-likeness (QED) is 0.854. The summed E-state index contributed by atoms with van der Waals surface area (Å²) in [4.78, 5) is 0. The first kappa shape index (κ1) is 12.5. The molecule has 0 spiro atoms. The molecular formula is C13H18ClNO2. The van der Waals surface area contributed by atoms with Gasteiger partial charge in [0.1, 0.15) is 0 Å². The lowest BCUT2D eigenvalue weighted by Gasteiger charge is -2.26. The largest absolute Gasteiger partial charge is 0.503 e. The number of phenols is 1. The highest BCUT2D eigenvalue weighted by Crippen LogP contribution is 2.43. The van der Waals surface area contributed by atoms with Gasteiger partial charge in [0, 0.05) is 0 Å². The van der Waals surface area contributed by atoms with Gasteiger partial charge in [0.25, 0.3) is 0 Å². The normalized spacial score (nSPS) is 17.1. The van der Waals surface area contributed by atoms with Crippen molar-refractivity contribution in [3.8, 4) is 11.5 Å². The van der Waals surface area contributed by atoms with Gasteiger partial charge >= 0.3 is 0 Å². The molecule has 0 saturated carbocycles. The molecule has 3 nitrogen and oxygen atoms in total. The average Bonchev–Trinajstić information content (AvgIpc) is 2.35. The number of ether oxygens (including phenoxy) is 1. The maximum atomic E-state index is 9.96. The van der Waals surface area contributed by atoms with Crippen LogP contribution in [0.4, 0.5) is 0 Å². The highest BCUT2D eigenvalue weighted by molar-refractivity contribution is 6.33. The summed E-state index contributed by atoms with van der Waals surface area (Å²) in [5, 5.41) is 13.7. The van der Waals surface area contributed by atoms with Crippen molar-refractivity contribution in [1.29, 1.82) is 0 Å². The van der Waals surface area contributed by atoms with Gasteiger partial charge in [-0.25, -0.2) is 0 Å². The van der Waals surface area contributed by atoms with E-state index >= 15 is 0 Å². The predicted octanol–water partition coefficient (Wildman–Crippen LogP) is 2.83. The van der Waals surface area contributed by atoms with E-state index in [2.05, 4.69) is 5.32 Å². The summed E-state index contributed by atoms with van der Waals surface area (Å²) < 4.78 is 5.10. The van der Waals surface area contributed by atoms with E-state index in [0.29, 0.717) is 16.7 Å². The number of methoxy groups -OCH3 is 1. The summed E-state index contributed by atoms with van der Waals surface area (Å²) in [5.74, 6) is 0.944. The SMILES string of the molecule is COc1cc(C)c(C2CCNCC2)c(Cl)c1O. The van der Waals surface area contributed by atoms with Crippen LogP contribution in [0.15, 0.2) is 6.07 Å². The first-order valence-electron chi connectivity index (χ1n) is 5.91. The van der Waals surface area contributed by atoms with E-state index < -0.39 is 0 Å². The summed E-state index contributed by atoms with van der Waals surface area (Å²) in [5.41, 5.74) is 2.17. The highest BCUT2D eigenvalue weighted by Gasteiger charge is 2.23. The molecule has 2 N–H and O–H groups in total. The number of halogens is 1. The maximum absolute atomic E-state index is 9.96. The number of aromatic hydroxyl groups is 1. The van der Waals surface area contributed by atoms with Gasteiger partial charge in [0.05, 0.1) is 12.1 Å². The van der Waals surface area contributed by atoms with Crippen LogP contribution >= 0.6 is 11.6 Å². The van der Waals surface area contributed by atoms with E-state index in [4.69, 9.17) is 16.3 Å². The van der Waals surface area contributed by atoms with Crippen LogP contribution in [0.5, 0.6) is 11.5 Å². The predicted molar refractivity (Wildman–Crippen MR) is 69.3 cm³/mol. The molecule has 1 fully saturated rings. The Kier molecular flexibility index (Phi) is 3.79. The molecule has 0 atom stereocenters. The molecule has 94 valence electrons. The Labute approximate surface area is 107 Å². The Balaban J connectivity index is 2.42. The van der Waals surface area contributed by atoms with Gasteiger partial charge in [0.2, 0.25) is 0 Å². The van der Waals surface area contributed by atoms with Crippen LogP contribution in [0.3, 0.4) is 0 Å². The first-order chi connectivity index (χ1) is 8.15. The summed E-state index contributed by atoms with van der Waals surface area (Å²) >= 11 is 6.27. The van der Waals surface area contributed by atoms with E-state index in [1.54, 1.807) is 0 Å². The number of aryl methyl sites for hydroxylation is 1. The number of benzene rings is 1. The molecule has 0 radical (unpaired) electrons. The molecule has 17 heavy (non-hydrogen) atoms. The summed E-state index contributed by atoms with van der Waals surface area (Å²) in [6, 6.07) is 1.86. The molecule has 1 aliphatic heterocycles. The number of nitrogens with one attached hydrogen (secondary N) is 1. The standard InChI is InChI=1S/C13H18ClNO2/c1-8-7-10(17-2)13(16)12(14)11(8)9-3-5-15-6-4-9/h7,9,15-16H,3-6H2,1-2H3. The van der Waals surface area contributed by atoms with Gasteiger partial charge < -0.3 is 15.2 Å². The Morgan fingerprint density at radius 1 is 1.41 bits per heavy atom. The van der Waals surface area contributed by atoms with Crippen LogP contribution in [-0.4, -0.2) is 25.3 Å². The second kappa shape index (κ2) is 5.15. The molecule has 0 aromatic heterocycles. The lowest BCUT2D eigenvalue weighted by molar-refractivity contribution is 0.371. The van der Waals surface area contributed by atoms with Crippen LogP contribution in [0, 0.1) is 6.92 Å². The topological polar surface area (TPSA) is 41.5 Å². The zero-order valence-electron chi connectivity index (χ0n) is 10.2. The van der Waals surface area contributed by atoms with E-state index in [0.717, 1.165) is 37.1 Å². The molecule has 1 heterocycles. The number of phenolic OH excluding ortho intramolecular Hbond substituents is 1. The van der Waals surface area contributed by atoms with Crippen molar-refractivity contribution < 1.29 is 9.84 Å². The maximum Gasteiger partial charge on any atom is 0.177 e. The van der Waals surface area contributed by atoms with Crippen molar-refractivity contribution in [1.82, 2.24) is 5.32 Å². The second-order valence-corrected chi connectivity index (χ2v) is 4.87. The molecule has 2 rings (SSSR count). The summed E-state index contributed by atoms with van der Waals surface area (Å²) in [7, 11) is 1.54. The van der Waals surface area contributed by atoms with Crippen molar-refractivity contribution in [3.63, 3.8) is 0 Å². The minimum atomic E-state index is 0.0632. The van der Waals surface area contributed by atoms with E-state index in [1.165, 1.54) is 7.11 Å². The molecule has 1 saturated heterocycles. The third kappa shape index (κ3) is 2.35. The fourth-order valence-electron chi connectivity index (χ4n) is 2.52. The van der Waals surface area contributed by atoms with Crippen molar-refractivity contribution in [2.45, 2.75) is 25.7 Å². The molecule has 1 aromatic rings. The van der Waals surface area contributed by atoms with Crippen LogP contribution in [0.1, 0.15) is 29.9 Å². The zero-order chi connectivity index (χ0) is 12.4. The molecule has 1 aliphatic rings. The number of rotatable bonds is 2. The van der Waals surface area contributed by atoms with Gasteiger partial charge in [-0.05, 0) is 56.0 Å². The smallest absolute Gasteiger partial charge is 0.177 e. The molecule has 4 heteroatoms. The number of hydrogen-bond acceptors (Lipinski definition) is 3. The number of piperidine rings is 1. The molecule has 0 bridgehead atoms. The molecule has 0 aliphatic carbocycles. The van der Waals surface area contributed by atoms with Crippen molar-refractivity contribution >= 4 is 11.6 Å². The van der Waals surface area contributed by atoms with Crippen LogP contribution in [-0.2, 0) is 0 Å². The molecule has 0 amide bonds. The van der Waals surface area contributed by atoms with Crippen LogP contribution in [0.25, 0.3) is 0 Å². The van der Waals surface area contributed by atoms with Crippen molar-refractivity contribution in [2.75, 3.05) is 20.2 Å². The van der Waals surface area contributed by atoms with E-state index in [-0.39, 0.29) is 5.75 Å². The minimum Gasteiger partial charge on any atom is -0.503 e. The van der Waals surface area contributed by atoms with Crippen LogP contribution in [0.2, 0.25) is 5.02 Å². The molecular weight excluding hydrogens is 238 g/mol. The Bertz CT molecular complexity index is 414. The average molecular weight is 256 g/mol. The Hall–Kier alpha value is -0.930. The van der Waals surface area contributed by atoms with E-state index in [1.807, 2.05) is 13.0 Å². The highest BCUT2D eigenvalue weighted by atomic mass is 35.5. The van der Waals surface area contributed by atoms with Crippen molar-refractivity contribution in [2.24, 2.45) is 0 Å². The van der Waals surface area contributed by atoms with E-state index in [9.17, 15) is 5.11 Å². The first-order valence-corrected chi connectivity index (χ1v) is 6.29. The minimum absolute atomic E-state index is 0.0632. The third-order valence-corrected chi connectivity index (χ3v) is 3.80. The summed E-state index contributed by atoms with van der Waals surface area (Å²) in [6.07, 6.45) is 2.12. The van der Waals surface area contributed by atoms with Crippen molar-refractivity contribution in [3.05, 3.63) is 22.2 Å². The van der Waals surface area contributed by atoms with Gasteiger partial charge in [-0.15, -0.1) is 0 Å². The second-order valence-electron chi connectivity index (χ2n) is 4.50. The van der Waals surface area contributed by atoms with Gasteiger partial charge in [-0.1, -0.05) is 11.6 Å². The fraction of sp³-hybridized carbons (Fsp3) is 0.538. The lowest BCUT2D eigenvalue weighted by atomic mass is 9.87. The van der Waals surface area contributed by atoms with Crippen LogP contribution < -0.4 is 10.1 Å². The third-order valence-electron chi connectivity index (χ3n) is 3.42. The van der Waals surface area contributed by atoms with Gasteiger partial charge in [0.15, 0.2) is 11.5 Å². The van der Waals surface area contributed by atoms with Gasteiger partial charge in [-0.2, -0.15) is 0 Å².